The van der Waals surface area contributed by atoms with Gasteiger partial charge in [0.15, 0.2) is 0 Å². The van der Waals surface area contributed by atoms with Gasteiger partial charge in [-0.2, -0.15) is 0 Å². The quantitative estimate of drug-likeness (QED) is 0.314. The van der Waals surface area contributed by atoms with Gasteiger partial charge in [0.1, 0.15) is 0 Å². The molecule has 0 bridgehead atoms. The molecule has 36 heavy (non-hydrogen) atoms. The normalized spacial score (nSPS) is 14.3. The lowest BCUT2D eigenvalue weighted by molar-refractivity contribution is -0.118. The number of hydrogen-bond donors (Lipinski definition) is 2. The number of carbonyl (C=O) groups excluding carboxylic acids is 2. The second kappa shape index (κ2) is 12.7. The molecule has 6 heteroatoms. The number of halogens is 1. The molecule has 0 fully saturated rings. The highest BCUT2D eigenvalue weighted by molar-refractivity contribution is 6.31. The van der Waals surface area contributed by atoms with Crippen molar-refractivity contribution >= 4 is 29.2 Å². The zero-order valence-electron chi connectivity index (χ0n) is 22.8. The maximum atomic E-state index is 13.2. The fourth-order valence-corrected chi connectivity index (χ4v) is 4.93. The molecular weight excluding hydrogens is 474 g/mol. The minimum atomic E-state index is -0.635. The molecule has 0 aliphatic rings. The van der Waals surface area contributed by atoms with Crippen molar-refractivity contribution < 1.29 is 19.4 Å². The molecule has 2 aromatic rings. The lowest BCUT2D eigenvalue weighted by Gasteiger charge is -2.39. The number of aliphatic hydroxyl groups excluding tert-OH is 1. The van der Waals surface area contributed by atoms with Crippen LogP contribution in [0.25, 0.3) is 0 Å². The van der Waals surface area contributed by atoms with Crippen LogP contribution in [0.2, 0.25) is 5.02 Å². The molecule has 0 saturated carbocycles. The average Bonchev–Trinajstić information content (AvgIpc) is 2.78. The van der Waals surface area contributed by atoms with E-state index in [4.69, 9.17) is 16.3 Å². The highest BCUT2D eigenvalue weighted by Crippen LogP contribution is 2.41. The van der Waals surface area contributed by atoms with Crippen molar-refractivity contribution in [3.05, 3.63) is 64.2 Å². The third-order valence-electron chi connectivity index (χ3n) is 6.88. The maximum absolute atomic E-state index is 13.2. The molecule has 5 nitrogen and oxygen atoms in total. The molecule has 0 aliphatic heterocycles. The van der Waals surface area contributed by atoms with E-state index in [1.54, 1.807) is 31.2 Å². The van der Waals surface area contributed by atoms with Crippen LogP contribution in [0.3, 0.4) is 0 Å². The Bertz CT molecular complexity index is 1030. The van der Waals surface area contributed by atoms with Crippen LogP contribution in [0.4, 0.5) is 5.69 Å². The van der Waals surface area contributed by atoms with Crippen LogP contribution in [0.5, 0.6) is 0 Å². The SMILES string of the molecule is CCOC(=O)c1ccc(NC(=O)C[C@@](C)(c2ccc(CCC(C)(C)C)c(Cl)c2)C(CO)C(C)C)cc1. The van der Waals surface area contributed by atoms with Crippen LogP contribution in [-0.4, -0.2) is 30.2 Å². The predicted octanol–water partition coefficient (Wildman–Crippen LogP) is 7.05. The number of esters is 1. The summed E-state index contributed by atoms with van der Waals surface area (Å²) in [6.07, 6.45) is 2.08. The van der Waals surface area contributed by atoms with Crippen LogP contribution in [0.1, 0.15) is 82.8 Å². The molecule has 198 valence electrons. The molecule has 0 aromatic heterocycles. The van der Waals surface area contributed by atoms with Gasteiger partial charge in [-0.1, -0.05) is 65.3 Å². The van der Waals surface area contributed by atoms with Gasteiger partial charge in [-0.15, -0.1) is 0 Å². The molecular formula is C30H42ClNO4. The van der Waals surface area contributed by atoms with E-state index in [1.165, 1.54) is 0 Å². The van der Waals surface area contributed by atoms with Crippen LogP contribution >= 0.6 is 11.6 Å². The number of hydrogen-bond acceptors (Lipinski definition) is 4. The topological polar surface area (TPSA) is 75.6 Å². The van der Waals surface area contributed by atoms with E-state index >= 15 is 0 Å². The highest BCUT2D eigenvalue weighted by Gasteiger charge is 2.39. The van der Waals surface area contributed by atoms with Crippen LogP contribution < -0.4 is 5.32 Å². The van der Waals surface area contributed by atoms with Gasteiger partial charge < -0.3 is 15.2 Å². The number of aliphatic hydroxyl groups is 1. The minimum absolute atomic E-state index is 0.0426. The largest absolute Gasteiger partial charge is 0.462 e. The van der Waals surface area contributed by atoms with Crippen LogP contribution in [0, 0.1) is 17.3 Å². The molecule has 2 aromatic carbocycles. The lowest BCUT2D eigenvalue weighted by atomic mass is 9.65. The molecule has 0 radical (unpaired) electrons. The average molecular weight is 516 g/mol. The Morgan fingerprint density at radius 2 is 1.69 bits per heavy atom. The summed E-state index contributed by atoms with van der Waals surface area (Å²) in [5.41, 5.74) is 2.63. The van der Waals surface area contributed by atoms with Gasteiger partial charge in [0.05, 0.1) is 12.2 Å². The Morgan fingerprint density at radius 3 is 2.19 bits per heavy atom. The summed E-state index contributed by atoms with van der Waals surface area (Å²) in [5, 5.41) is 13.9. The molecule has 2 rings (SSSR count). The predicted molar refractivity (Wildman–Crippen MR) is 148 cm³/mol. The number of benzene rings is 2. The van der Waals surface area contributed by atoms with Gasteiger partial charge in [0.2, 0.25) is 5.91 Å². The third-order valence-corrected chi connectivity index (χ3v) is 7.24. The number of nitrogens with one attached hydrogen (secondary N) is 1. The number of rotatable bonds is 11. The van der Waals surface area contributed by atoms with Crippen LogP contribution in [-0.2, 0) is 21.4 Å². The first-order valence-corrected chi connectivity index (χ1v) is 13.1. The smallest absolute Gasteiger partial charge is 0.338 e. The first-order chi connectivity index (χ1) is 16.8. The maximum Gasteiger partial charge on any atom is 0.338 e. The zero-order chi connectivity index (χ0) is 27.1. The van der Waals surface area contributed by atoms with Crippen LogP contribution in [0.15, 0.2) is 42.5 Å². The van der Waals surface area contributed by atoms with Gasteiger partial charge in [-0.25, -0.2) is 4.79 Å². The number of anilines is 1. The fraction of sp³-hybridized carbons (Fsp3) is 0.533. The van der Waals surface area contributed by atoms with Crippen molar-refractivity contribution in [3.63, 3.8) is 0 Å². The number of amides is 1. The van der Waals surface area contributed by atoms with Crippen molar-refractivity contribution in [1.82, 2.24) is 0 Å². The van der Waals surface area contributed by atoms with E-state index in [-0.39, 0.29) is 36.2 Å². The molecule has 0 saturated heterocycles. The summed E-state index contributed by atoms with van der Waals surface area (Å²) in [7, 11) is 0. The molecule has 0 heterocycles. The highest BCUT2D eigenvalue weighted by atomic mass is 35.5. The van der Waals surface area contributed by atoms with E-state index < -0.39 is 11.4 Å². The summed E-state index contributed by atoms with van der Waals surface area (Å²) >= 11 is 6.72. The van der Waals surface area contributed by atoms with E-state index in [9.17, 15) is 14.7 Å². The second-order valence-electron chi connectivity index (χ2n) is 11.3. The van der Waals surface area contributed by atoms with Crippen molar-refractivity contribution in [2.24, 2.45) is 17.3 Å². The standard InChI is InChI=1S/C30H42ClNO4/c1-8-36-28(35)22-10-13-24(14-11-22)32-27(34)18-30(7,25(19-33)20(2)3)23-12-9-21(26(31)17-23)15-16-29(4,5)6/h9-14,17,20,25,33H,8,15-16,18-19H2,1-7H3,(H,32,34)/t25?,30-/m0/s1. The van der Waals surface area contributed by atoms with E-state index in [2.05, 4.69) is 52.1 Å². The summed E-state index contributed by atoms with van der Waals surface area (Å²) in [6.45, 7) is 14.8. The zero-order valence-corrected chi connectivity index (χ0v) is 23.5. The number of carbonyl (C=O) groups is 2. The Kier molecular flexibility index (Phi) is 10.6. The molecule has 2 atom stereocenters. The van der Waals surface area contributed by atoms with Crippen molar-refractivity contribution in [1.29, 1.82) is 0 Å². The van der Waals surface area contributed by atoms with Gasteiger partial charge in [-0.05, 0) is 78.5 Å². The summed E-state index contributed by atoms with van der Waals surface area (Å²) in [5.74, 6) is -0.566. The van der Waals surface area contributed by atoms with Crippen molar-refractivity contribution in [2.75, 3.05) is 18.5 Å². The molecule has 2 N–H and O–H groups in total. The Labute approximate surface area is 221 Å². The molecule has 0 spiro atoms. The summed E-state index contributed by atoms with van der Waals surface area (Å²) in [6, 6.07) is 12.7. The molecule has 0 aliphatic carbocycles. The van der Waals surface area contributed by atoms with Crippen molar-refractivity contribution in [3.8, 4) is 0 Å². The first kappa shape index (κ1) is 29.9. The summed E-state index contributed by atoms with van der Waals surface area (Å²) < 4.78 is 5.01. The van der Waals surface area contributed by atoms with Gasteiger partial charge in [-0.3, -0.25) is 4.79 Å². The van der Waals surface area contributed by atoms with Gasteiger partial charge in [0, 0.05) is 29.2 Å². The van der Waals surface area contributed by atoms with Gasteiger partial charge >= 0.3 is 5.97 Å². The Morgan fingerprint density at radius 1 is 1.06 bits per heavy atom. The van der Waals surface area contributed by atoms with E-state index in [0.29, 0.717) is 22.9 Å². The first-order valence-electron chi connectivity index (χ1n) is 12.8. The summed E-state index contributed by atoms with van der Waals surface area (Å²) in [4.78, 5) is 25.1. The Hall–Kier alpha value is -2.37. The molecule has 1 unspecified atom stereocenters. The fourth-order valence-electron chi connectivity index (χ4n) is 4.65. The minimum Gasteiger partial charge on any atom is -0.462 e. The number of aryl methyl sites for hydroxylation is 1. The van der Waals surface area contributed by atoms with Crippen molar-refractivity contribution in [2.45, 2.75) is 73.1 Å². The van der Waals surface area contributed by atoms with E-state index in [0.717, 1.165) is 24.0 Å². The monoisotopic (exact) mass is 515 g/mol. The number of ether oxygens (including phenoxy) is 1. The lowest BCUT2D eigenvalue weighted by Crippen LogP contribution is -2.41. The van der Waals surface area contributed by atoms with E-state index in [1.807, 2.05) is 13.0 Å². The molecule has 1 amide bonds. The second-order valence-corrected chi connectivity index (χ2v) is 11.7. The Balaban J connectivity index is 2.29. The van der Waals surface area contributed by atoms with Gasteiger partial charge in [0.25, 0.3) is 0 Å². The third kappa shape index (κ3) is 8.07.